The summed E-state index contributed by atoms with van der Waals surface area (Å²) in [7, 11) is 1.53. The Hall–Kier alpha value is -0.940. The maximum atomic E-state index is 11.5. The molecule has 15 heavy (non-hydrogen) atoms. The second-order valence-corrected chi connectivity index (χ2v) is 3.53. The zero-order chi connectivity index (χ0) is 11.3. The minimum absolute atomic E-state index is 0.0315. The molecule has 2 unspecified atom stereocenters. The van der Waals surface area contributed by atoms with Crippen LogP contribution in [0.1, 0.15) is 13.3 Å². The predicted octanol–water partition coefficient (Wildman–Crippen LogP) is 0.170. The first-order chi connectivity index (χ1) is 7.15. The number of hydrogen-bond acceptors (Lipinski definition) is 5. The van der Waals surface area contributed by atoms with Crippen LogP contribution in [-0.4, -0.2) is 44.8 Å². The predicted molar refractivity (Wildman–Crippen MR) is 51.4 cm³/mol. The number of hydrogen-bond donors (Lipinski definition) is 0. The van der Waals surface area contributed by atoms with Crippen molar-refractivity contribution >= 4 is 11.8 Å². The van der Waals surface area contributed by atoms with E-state index in [1.165, 1.54) is 14.0 Å². The third-order valence-electron chi connectivity index (χ3n) is 2.20. The first-order valence-corrected chi connectivity index (χ1v) is 4.92. The summed E-state index contributed by atoms with van der Waals surface area (Å²) in [5.41, 5.74) is 0. The van der Waals surface area contributed by atoms with Gasteiger partial charge in [-0.3, -0.25) is 9.59 Å². The molecule has 0 radical (unpaired) electrons. The molecule has 0 N–H and O–H groups in total. The summed E-state index contributed by atoms with van der Waals surface area (Å²) >= 11 is 0. The first kappa shape index (κ1) is 12.1. The first-order valence-electron chi connectivity index (χ1n) is 4.92. The van der Waals surface area contributed by atoms with Gasteiger partial charge < -0.3 is 14.2 Å². The molecule has 1 aliphatic heterocycles. The van der Waals surface area contributed by atoms with E-state index in [1.54, 1.807) is 0 Å². The van der Waals surface area contributed by atoms with E-state index in [1.807, 2.05) is 0 Å². The Bertz CT molecular complexity index is 234. The van der Waals surface area contributed by atoms with Crippen LogP contribution in [0.4, 0.5) is 0 Å². The molecule has 5 heteroatoms. The molecule has 1 saturated heterocycles. The van der Waals surface area contributed by atoms with Gasteiger partial charge in [0.15, 0.2) is 0 Å². The number of epoxide rings is 1. The maximum Gasteiger partial charge on any atom is 0.316 e. The van der Waals surface area contributed by atoms with Crippen LogP contribution >= 0.6 is 0 Å². The third kappa shape index (κ3) is 4.40. The van der Waals surface area contributed by atoms with Crippen LogP contribution in [-0.2, 0) is 23.8 Å². The number of carbonyl (C=O) groups is 2. The van der Waals surface area contributed by atoms with Crippen LogP contribution < -0.4 is 0 Å². The minimum Gasteiger partial charge on any atom is -0.462 e. The fourth-order valence-electron chi connectivity index (χ4n) is 1.16. The minimum atomic E-state index is -0.705. The number of ether oxygens (including phenoxy) is 3. The van der Waals surface area contributed by atoms with E-state index in [0.717, 1.165) is 0 Å². The second-order valence-electron chi connectivity index (χ2n) is 3.53. The van der Waals surface area contributed by atoms with Gasteiger partial charge in [0.05, 0.1) is 6.61 Å². The zero-order valence-corrected chi connectivity index (χ0v) is 9.02. The molecule has 0 aromatic rings. The van der Waals surface area contributed by atoms with Gasteiger partial charge >= 0.3 is 5.97 Å². The van der Waals surface area contributed by atoms with Gasteiger partial charge in [0.1, 0.15) is 24.4 Å². The highest BCUT2D eigenvalue weighted by Gasteiger charge is 2.28. The number of esters is 1. The molecular weight excluding hydrogens is 200 g/mol. The van der Waals surface area contributed by atoms with Crippen LogP contribution in [0.5, 0.6) is 0 Å². The standard InChI is InChI=1S/C10H16O5/c1-7(11)9(3-4-13-2)10(12)15-6-8-5-14-8/h8-9H,3-6H2,1-2H3. The largest absolute Gasteiger partial charge is 0.462 e. The summed E-state index contributed by atoms with van der Waals surface area (Å²) in [6.45, 7) is 2.64. The molecule has 0 aromatic carbocycles. The van der Waals surface area contributed by atoms with Crippen LogP contribution in [0.2, 0.25) is 0 Å². The van der Waals surface area contributed by atoms with Gasteiger partial charge in [0, 0.05) is 13.7 Å². The molecule has 0 aliphatic carbocycles. The highest BCUT2D eigenvalue weighted by atomic mass is 16.6. The monoisotopic (exact) mass is 216 g/mol. The van der Waals surface area contributed by atoms with E-state index in [4.69, 9.17) is 14.2 Å². The molecule has 0 aromatic heterocycles. The van der Waals surface area contributed by atoms with E-state index in [9.17, 15) is 9.59 Å². The van der Waals surface area contributed by atoms with Gasteiger partial charge in [0.25, 0.3) is 0 Å². The lowest BCUT2D eigenvalue weighted by atomic mass is 10.0. The summed E-state index contributed by atoms with van der Waals surface area (Å²) < 4.78 is 14.7. The topological polar surface area (TPSA) is 65.1 Å². The number of methoxy groups -OCH3 is 1. The number of rotatable bonds is 7. The Kier molecular flexibility index (Phi) is 4.71. The Morgan fingerprint density at radius 3 is 2.67 bits per heavy atom. The smallest absolute Gasteiger partial charge is 0.316 e. The molecule has 2 atom stereocenters. The maximum absolute atomic E-state index is 11.5. The molecule has 0 bridgehead atoms. The van der Waals surface area contributed by atoms with Crippen molar-refractivity contribution in [1.29, 1.82) is 0 Å². The molecule has 0 spiro atoms. The van der Waals surface area contributed by atoms with Crippen LogP contribution in [0.25, 0.3) is 0 Å². The summed E-state index contributed by atoms with van der Waals surface area (Å²) in [5, 5.41) is 0. The van der Waals surface area contributed by atoms with Crippen molar-refractivity contribution in [3.8, 4) is 0 Å². The van der Waals surface area contributed by atoms with Crippen molar-refractivity contribution in [2.45, 2.75) is 19.4 Å². The molecule has 5 nitrogen and oxygen atoms in total. The lowest BCUT2D eigenvalue weighted by molar-refractivity contribution is -0.152. The summed E-state index contributed by atoms with van der Waals surface area (Å²) in [5.74, 6) is -1.37. The Morgan fingerprint density at radius 1 is 1.53 bits per heavy atom. The Balaban J connectivity index is 2.31. The van der Waals surface area contributed by atoms with Crippen molar-refractivity contribution in [2.24, 2.45) is 5.92 Å². The van der Waals surface area contributed by atoms with E-state index >= 15 is 0 Å². The summed E-state index contributed by atoms with van der Waals surface area (Å²) in [6.07, 6.45) is 0.403. The van der Waals surface area contributed by atoms with Crippen molar-refractivity contribution in [2.75, 3.05) is 26.9 Å². The molecular formula is C10H16O5. The van der Waals surface area contributed by atoms with Crippen molar-refractivity contribution < 1.29 is 23.8 Å². The lowest BCUT2D eigenvalue weighted by Gasteiger charge is -2.11. The average molecular weight is 216 g/mol. The highest BCUT2D eigenvalue weighted by Crippen LogP contribution is 2.12. The number of carbonyl (C=O) groups excluding carboxylic acids is 2. The fraction of sp³-hybridized carbons (Fsp3) is 0.800. The normalized spacial score (nSPS) is 20.8. The fourth-order valence-corrected chi connectivity index (χ4v) is 1.16. The highest BCUT2D eigenvalue weighted by molar-refractivity contribution is 5.97. The molecule has 0 amide bonds. The molecule has 1 heterocycles. The van der Waals surface area contributed by atoms with Crippen LogP contribution in [0.3, 0.4) is 0 Å². The van der Waals surface area contributed by atoms with Crippen LogP contribution in [0, 0.1) is 5.92 Å². The summed E-state index contributed by atoms with van der Waals surface area (Å²) in [4.78, 5) is 22.6. The van der Waals surface area contributed by atoms with Gasteiger partial charge in [-0.25, -0.2) is 0 Å². The van der Waals surface area contributed by atoms with Gasteiger partial charge in [-0.2, -0.15) is 0 Å². The zero-order valence-electron chi connectivity index (χ0n) is 9.02. The average Bonchev–Trinajstić information content (AvgIpc) is 2.98. The Morgan fingerprint density at radius 2 is 2.20 bits per heavy atom. The van der Waals surface area contributed by atoms with Gasteiger partial charge in [-0.15, -0.1) is 0 Å². The van der Waals surface area contributed by atoms with Crippen molar-refractivity contribution in [3.63, 3.8) is 0 Å². The third-order valence-corrected chi connectivity index (χ3v) is 2.20. The summed E-state index contributed by atoms with van der Waals surface area (Å²) in [6, 6.07) is 0. The van der Waals surface area contributed by atoms with Crippen LogP contribution in [0.15, 0.2) is 0 Å². The van der Waals surface area contributed by atoms with E-state index < -0.39 is 11.9 Å². The molecule has 86 valence electrons. The van der Waals surface area contributed by atoms with Gasteiger partial charge in [0.2, 0.25) is 0 Å². The SMILES string of the molecule is COCCC(C(C)=O)C(=O)OCC1CO1. The van der Waals surface area contributed by atoms with Gasteiger partial charge in [-0.1, -0.05) is 0 Å². The Labute approximate surface area is 88.7 Å². The molecule has 1 aliphatic rings. The second kappa shape index (κ2) is 5.82. The van der Waals surface area contributed by atoms with Gasteiger partial charge in [-0.05, 0) is 13.3 Å². The molecule has 1 rings (SSSR count). The lowest BCUT2D eigenvalue weighted by Crippen LogP contribution is -2.26. The van der Waals surface area contributed by atoms with E-state index in [-0.39, 0.29) is 18.5 Å². The number of ketones is 1. The molecule has 1 fully saturated rings. The quantitative estimate of drug-likeness (QED) is 0.345. The van der Waals surface area contributed by atoms with E-state index in [0.29, 0.717) is 19.6 Å². The van der Waals surface area contributed by atoms with E-state index in [2.05, 4.69) is 0 Å². The van der Waals surface area contributed by atoms with Crippen molar-refractivity contribution in [1.82, 2.24) is 0 Å². The number of Topliss-reactive ketones (excluding diaryl/α,β-unsaturated/α-hetero) is 1. The van der Waals surface area contributed by atoms with Crippen molar-refractivity contribution in [3.05, 3.63) is 0 Å². The molecule has 0 saturated carbocycles.